The van der Waals surface area contributed by atoms with E-state index in [0.717, 1.165) is 22.8 Å². The van der Waals surface area contributed by atoms with E-state index in [-0.39, 0.29) is 19.0 Å². The van der Waals surface area contributed by atoms with E-state index < -0.39 is 0 Å². The third kappa shape index (κ3) is 3.29. The Balaban J connectivity index is 0.00000144. The fourth-order valence-corrected chi connectivity index (χ4v) is 2.13. The van der Waals surface area contributed by atoms with Gasteiger partial charge >= 0.3 is 0 Å². The van der Waals surface area contributed by atoms with E-state index in [2.05, 4.69) is 5.92 Å². The molecule has 1 aromatic rings. The molecule has 2 N–H and O–H groups in total. The van der Waals surface area contributed by atoms with E-state index in [4.69, 9.17) is 28.5 Å². The smallest absolute Gasteiger partial charge is 0.148 e. The van der Waals surface area contributed by atoms with Crippen molar-refractivity contribution in [1.29, 1.82) is 0 Å². The Labute approximate surface area is 113 Å². The molecule has 0 heterocycles. The minimum atomic E-state index is 0. The summed E-state index contributed by atoms with van der Waals surface area (Å²) < 4.78 is 5.50. The largest absolute Gasteiger partial charge is 0.481 e. The van der Waals surface area contributed by atoms with E-state index in [0.29, 0.717) is 18.4 Å². The summed E-state index contributed by atoms with van der Waals surface area (Å²) in [5.41, 5.74) is 6.78. The zero-order valence-electron chi connectivity index (χ0n) is 9.36. The zero-order chi connectivity index (χ0) is 11.5. The lowest BCUT2D eigenvalue weighted by Gasteiger charge is -2.09. The Hall–Kier alpha value is -0.880. The molecule has 2 nitrogen and oxygen atoms in total. The first-order valence-corrected chi connectivity index (χ1v) is 5.70. The molecule has 2 rings (SSSR count). The third-order valence-electron chi connectivity index (χ3n) is 2.91. The van der Waals surface area contributed by atoms with Gasteiger partial charge in [0.2, 0.25) is 0 Å². The lowest BCUT2D eigenvalue weighted by atomic mass is 10.1. The summed E-state index contributed by atoms with van der Waals surface area (Å²) >= 11 is 5.99. The van der Waals surface area contributed by atoms with Crippen molar-refractivity contribution in [1.82, 2.24) is 0 Å². The Morgan fingerprint density at radius 1 is 1.53 bits per heavy atom. The van der Waals surface area contributed by atoms with Crippen molar-refractivity contribution in [2.45, 2.75) is 12.3 Å². The summed E-state index contributed by atoms with van der Waals surface area (Å²) in [5.74, 6) is 4.34. The first kappa shape index (κ1) is 14.2. The molecule has 0 aliphatic heterocycles. The molecule has 0 saturated heterocycles. The molecule has 17 heavy (non-hydrogen) atoms. The number of benzene rings is 1. The van der Waals surface area contributed by atoms with Crippen LogP contribution >= 0.6 is 24.0 Å². The third-order valence-corrected chi connectivity index (χ3v) is 3.14. The maximum atomic E-state index is 5.99. The van der Waals surface area contributed by atoms with Crippen LogP contribution in [-0.4, -0.2) is 13.2 Å². The van der Waals surface area contributed by atoms with E-state index in [9.17, 15) is 0 Å². The lowest BCUT2D eigenvalue weighted by Crippen LogP contribution is -2.03. The van der Waals surface area contributed by atoms with Crippen LogP contribution in [0.1, 0.15) is 17.9 Å². The molecular weight excluding hydrogens is 257 g/mol. The van der Waals surface area contributed by atoms with Crippen LogP contribution in [0.4, 0.5) is 0 Å². The predicted octanol–water partition coefficient (Wildman–Crippen LogP) is 2.84. The molecule has 1 aliphatic carbocycles. The summed E-state index contributed by atoms with van der Waals surface area (Å²) in [4.78, 5) is 0. The van der Waals surface area contributed by atoms with Crippen molar-refractivity contribution in [3.63, 3.8) is 0 Å². The highest BCUT2D eigenvalue weighted by Crippen LogP contribution is 2.50. The Kier molecular flexibility index (Phi) is 5.14. The van der Waals surface area contributed by atoms with Gasteiger partial charge < -0.3 is 10.5 Å². The molecule has 1 aliphatic rings. The number of nitrogens with two attached hydrogens (primary N) is 1. The molecular formula is C13H15Cl2NO. The van der Waals surface area contributed by atoms with Crippen molar-refractivity contribution in [3.05, 3.63) is 28.8 Å². The van der Waals surface area contributed by atoms with Crippen molar-refractivity contribution >= 4 is 24.0 Å². The van der Waals surface area contributed by atoms with Crippen LogP contribution in [0, 0.1) is 18.3 Å². The average Bonchev–Trinajstić information content (AvgIpc) is 3.06. The number of hydrogen-bond donors (Lipinski definition) is 1. The molecule has 1 saturated carbocycles. The SMILES string of the molecule is C#CCOc1ccc(Cl)cc1[C@@H]1C[C@H]1CN.Cl. The number of ether oxygens (including phenoxy) is 1. The second kappa shape index (κ2) is 6.16. The molecule has 0 amide bonds. The highest BCUT2D eigenvalue weighted by Gasteiger charge is 2.38. The van der Waals surface area contributed by atoms with Crippen LogP contribution in [0.2, 0.25) is 5.02 Å². The maximum Gasteiger partial charge on any atom is 0.148 e. The van der Waals surface area contributed by atoms with E-state index >= 15 is 0 Å². The minimum Gasteiger partial charge on any atom is -0.481 e. The normalized spacial score (nSPS) is 21.2. The zero-order valence-corrected chi connectivity index (χ0v) is 10.9. The van der Waals surface area contributed by atoms with Gasteiger partial charge in [0, 0.05) is 5.02 Å². The molecule has 2 atom stereocenters. The van der Waals surface area contributed by atoms with Crippen LogP contribution < -0.4 is 10.5 Å². The highest BCUT2D eigenvalue weighted by atomic mass is 35.5. The number of terminal acetylenes is 1. The van der Waals surface area contributed by atoms with Crippen LogP contribution in [0.15, 0.2) is 18.2 Å². The Bertz CT molecular complexity index is 428. The van der Waals surface area contributed by atoms with Crippen molar-refractivity contribution in [2.75, 3.05) is 13.2 Å². The number of hydrogen-bond acceptors (Lipinski definition) is 2. The van der Waals surface area contributed by atoms with E-state index in [1.165, 1.54) is 0 Å². The van der Waals surface area contributed by atoms with Crippen molar-refractivity contribution < 1.29 is 4.74 Å². The van der Waals surface area contributed by atoms with Gasteiger partial charge in [0.15, 0.2) is 0 Å². The molecule has 0 aromatic heterocycles. The molecule has 0 spiro atoms. The van der Waals surface area contributed by atoms with Crippen LogP contribution in [-0.2, 0) is 0 Å². The standard InChI is InChI=1S/C13H14ClNO.ClH/c1-2-5-16-13-4-3-10(14)7-12(13)11-6-9(11)8-15;/h1,3-4,7,9,11H,5-6,8,15H2;1H/t9-,11+;/m0./s1. The maximum absolute atomic E-state index is 5.99. The summed E-state index contributed by atoms with van der Waals surface area (Å²) in [5, 5.41) is 0.728. The van der Waals surface area contributed by atoms with Crippen molar-refractivity contribution in [3.8, 4) is 18.1 Å². The minimum absolute atomic E-state index is 0. The second-order valence-corrected chi connectivity index (χ2v) is 4.45. The summed E-state index contributed by atoms with van der Waals surface area (Å²) in [6, 6.07) is 5.64. The summed E-state index contributed by atoms with van der Waals surface area (Å²) in [6.45, 7) is 1.00. The topological polar surface area (TPSA) is 35.2 Å². The monoisotopic (exact) mass is 271 g/mol. The van der Waals surface area contributed by atoms with Gasteiger partial charge in [0.05, 0.1) is 0 Å². The first-order chi connectivity index (χ1) is 7.76. The van der Waals surface area contributed by atoms with Gasteiger partial charge in [-0.2, -0.15) is 0 Å². The highest BCUT2D eigenvalue weighted by molar-refractivity contribution is 6.30. The van der Waals surface area contributed by atoms with Gasteiger partial charge in [0.25, 0.3) is 0 Å². The second-order valence-electron chi connectivity index (χ2n) is 4.01. The quantitative estimate of drug-likeness (QED) is 0.855. The van der Waals surface area contributed by atoms with E-state index in [1.807, 2.05) is 18.2 Å². The molecule has 4 heteroatoms. The summed E-state index contributed by atoms with van der Waals surface area (Å²) in [7, 11) is 0. The molecule has 0 bridgehead atoms. The van der Waals surface area contributed by atoms with Crippen LogP contribution in [0.3, 0.4) is 0 Å². The van der Waals surface area contributed by atoms with E-state index in [1.54, 1.807) is 0 Å². The Morgan fingerprint density at radius 3 is 2.88 bits per heavy atom. The fourth-order valence-electron chi connectivity index (χ4n) is 1.95. The number of halogens is 2. The van der Waals surface area contributed by atoms with Gasteiger partial charge in [-0.3, -0.25) is 0 Å². The van der Waals surface area contributed by atoms with Crippen LogP contribution in [0.25, 0.3) is 0 Å². The molecule has 0 radical (unpaired) electrons. The average molecular weight is 272 g/mol. The Morgan fingerprint density at radius 2 is 2.29 bits per heavy atom. The van der Waals surface area contributed by atoms with Gasteiger partial charge in [-0.1, -0.05) is 17.5 Å². The molecule has 1 aromatic carbocycles. The molecule has 92 valence electrons. The van der Waals surface area contributed by atoms with Gasteiger partial charge in [0.1, 0.15) is 12.4 Å². The summed E-state index contributed by atoms with van der Waals surface area (Å²) in [6.07, 6.45) is 6.29. The van der Waals surface area contributed by atoms with Gasteiger partial charge in [-0.15, -0.1) is 18.8 Å². The van der Waals surface area contributed by atoms with Gasteiger partial charge in [-0.25, -0.2) is 0 Å². The van der Waals surface area contributed by atoms with Crippen LogP contribution in [0.5, 0.6) is 5.75 Å². The lowest BCUT2D eigenvalue weighted by molar-refractivity contribution is 0.366. The van der Waals surface area contributed by atoms with Gasteiger partial charge in [-0.05, 0) is 48.6 Å². The number of rotatable bonds is 4. The predicted molar refractivity (Wildman–Crippen MR) is 72.9 cm³/mol. The van der Waals surface area contributed by atoms with Crippen molar-refractivity contribution in [2.24, 2.45) is 11.7 Å². The fraction of sp³-hybridized carbons (Fsp3) is 0.385. The first-order valence-electron chi connectivity index (χ1n) is 5.32. The molecule has 0 unspecified atom stereocenters. The molecule has 1 fully saturated rings.